The Morgan fingerprint density at radius 2 is 1.90 bits per heavy atom. The summed E-state index contributed by atoms with van der Waals surface area (Å²) < 4.78 is 18.3. The minimum atomic E-state index is -0.493. The minimum absolute atomic E-state index is 0.173. The van der Waals surface area contributed by atoms with Crippen LogP contribution in [0.5, 0.6) is 5.75 Å². The largest absolute Gasteiger partial charge is 0.489 e. The first-order valence-corrected chi connectivity index (χ1v) is 6.84. The van der Waals surface area contributed by atoms with Gasteiger partial charge in [-0.05, 0) is 43.5 Å². The number of ether oxygens (including phenoxy) is 1. The Bertz CT molecular complexity index is 420. The van der Waals surface area contributed by atoms with E-state index in [1.807, 2.05) is 20.8 Å². The van der Waals surface area contributed by atoms with Gasteiger partial charge in [0.15, 0.2) is 0 Å². The number of carbonyl (C=O) groups is 1. The second kappa shape index (κ2) is 7.85. The van der Waals surface area contributed by atoms with E-state index in [9.17, 15) is 9.18 Å². The highest BCUT2D eigenvalue weighted by molar-refractivity contribution is 5.81. The van der Waals surface area contributed by atoms with E-state index in [0.29, 0.717) is 24.6 Å². The van der Waals surface area contributed by atoms with Gasteiger partial charge in [0.2, 0.25) is 5.91 Å². The number of amides is 1. The predicted octanol–water partition coefficient (Wildman–Crippen LogP) is 2.08. The highest BCUT2D eigenvalue weighted by Crippen LogP contribution is 2.12. The van der Waals surface area contributed by atoms with Crippen molar-refractivity contribution in [2.45, 2.75) is 39.3 Å². The number of benzene rings is 1. The normalized spacial score (nSPS) is 13.9. The van der Waals surface area contributed by atoms with Gasteiger partial charge in [-0.15, -0.1) is 0 Å². The summed E-state index contributed by atoms with van der Waals surface area (Å²) in [4.78, 5) is 11.7. The zero-order valence-corrected chi connectivity index (χ0v) is 12.2. The van der Waals surface area contributed by atoms with Crippen LogP contribution >= 0.6 is 0 Å². The summed E-state index contributed by atoms with van der Waals surface area (Å²) in [5, 5.41) is 2.76. The molecule has 0 aliphatic carbocycles. The van der Waals surface area contributed by atoms with Crippen LogP contribution in [0.2, 0.25) is 0 Å². The quantitative estimate of drug-likeness (QED) is 0.805. The highest BCUT2D eigenvalue weighted by Gasteiger charge is 2.15. The van der Waals surface area contributed by atoms with Gasteiger partial charge in [-0.2, -0.15) is 0 Å². The van der Waals surface area contributed by atoms with Gasteiger partial charge >= 0.3 is 0 Å². The Morgan fingerprint density at radius 3 is 2.45 bits per heavy atom. The maximum atomic E-state index is 12.7. The molecule has 1 rings (SSSR count). The van der Waals surface area contributed by atoms with E-state index in [0.717, 1.165) is 0 Å². The van der Waals surface area contributed by atoms with Gasteiger partial charge in [0.1, 0.15) is 17.7 Å². The van der Waals surface area contributed by atoms with Gasteiger partial charge in [0.05, 0.1) is 12.6 Å². The van der Waals surface area contributed by atoms with Crippen LogP contribution in [-0.2, 0) is 4.79 Å². The second-order valence-electron chi connectivity index (χ2n) is 5.36. The molecule has 1 aromatic rings. The monoisotopic (exact) mass is 282 g/mol. The molecule has 0 fully saturated rings. The van der Waals surface area contributed by atoms with Crippen LogP contribution in [-0.4, -0.2) is 24.6 Å². The molecule has 0 aliphatic heterocycles. The van der Waals surface area contributed by atoms with Crippen LogP contribution in [0.3, 0.4) is 0 Å². The van der Waals surface area contributed by atoms with E-state index in [2.05, 4.69) is 5.32 Å². The van der Waals surface area contributed by atoms with Crippen molar-refractivity contribution >= 4 is 5.91 Å². The van der Waals surface area contributed by atoms with E-state index in [1.165, 1.54) is 12.1 Å². The number of hydrogen-bond donors (Lipinski definition) is 2. The summed E-state index contributed by atoms with van der Waals surface area (Å²) >= 11 is 0. The standard InChI is InChI=1S/C15H23FN2O2/c1-10(2)8-14(17)15(19)18-9-11(3)20-13-6-4-12(16)5-7-13/h4-7,10-11,14H,8-9,17H2,1-3H3,(H,18,19)/t11?,14-/m0/s1. The molecule has 4 nitrogen and oxygen atoms in total. The van der Waals surface area contributed by atoms with E-state index < -0.39 is 6.04 Å². The average Bonchev–Trinajstić information content (AvgIpc) is 2.38. The Kier molecular flexibility index (Phi) is 6.45. The summed E-state index contributed by atoms with van der Waals surface area (Å²) in [5.41, 5.74) is 5.78. The van der Waals surface area contributed by atoms with Gasteiger partial charge in [-0.25, -0.2) is 4.39 Å². The molecule has 0 saturated carbocycles. The molecular formula is C15H23FN2O2. The third-order valence-electron chi connectivity index (χ3n) is 2.78. The smallest absolute Gasteiger partial charge is 0.237 e. The summed E-state index contributed by atoms with van der Waals surface area (Å²) in [6.07, 6.45) is 0.439. The summed E-state index contributed by atoms with van der Waals surface area (Å²) in [6, 6.07) is 5.28. The van der Waals surface area contributed by atoms with Crippen molar-refractivity contribution in [2.24, 2.45) is 11.7 Å². The number of halogens is 1. The molecular weight excluding hydrogens is 259 g/mol. The molecule has 2 atom stereocenters. The van der Waals surface area contributed by atoms with Crippen LogP contribution < -0.4 is 15.8 Å². The molecule has 0 spiro atoms. The molecule has 20 heavy (non-hydrogen) atoms. The lowest BCUT2D eigenvalue weighted by Crippen LogP contribution is -2.44. The van der Waals surface area contributed by atoms with Gasteiger partial charge in [-0.1, -0.05) is 13.8 Å². The Labute approximate surface area is 119 Å². The highest BCUT2D eigenvalue weighted by atomic mass is 19.1. The van der Waals surface area contributed by atoms with Gasteiger partial charge in [0.25, 0.3) is 0 Å². The molecule has 112 valence electrons. The zero-order chi connectivity index (χ0) is 15.1. The minimum Gasteiger partial charge on any atom is -0.489 e. The third kappa shape index (κ3) is 6.02. The number of rotatable bonds is 7. The van der Waals surface area contributed by atoms with E-state index >= 15 is 0 Å². The van der Waals surface area contributed by atoms with Crippen LogP contribution in [0, 0.1) is 11.7 Å². The Morgan fingerprint density at radius 1 is 1.30 bits per heavy atom. The lowest BCUT2D eigenvalue weighted by molar-refractivity contribution is -0.123. The molecule has 1 aromatic carbocycles. The van der Waals surface area contributed by atoms with Gasteiger partial charge in [-0.3, -0.25) is 4.79 Å². The van der Waals surface area contributed by atoms with E-state index in [1.54, 1.807) is 12.1 Å². The van der Waals surface area contributed by atoms with Crippen LogP contribution in [0.4, 0.5) is 4.39 Å². The Balaban J connectivity index is 2.34. The number of carbonyl (C=O) groups excluding carboxylic acids is 1. The molecule has 0 saturated heterocycles. The topological polar surface area (TPSA) is 64.4 Å². The second-order valence-corrected chi connectivity index (χ2v) is 5.36. The van der Waals surface area contributed by atoms with Crippen LogP contribution in [0.15, 0.2) is 24.3 Å². The maximum Gasteiger partial charge on any atom is 0.237 e. The molecule has 0 radical (unpaired) electrons. The fourth-order valence-corrected chi connectivity index (χ4v) is 1.78. The fraction of sp³-hybridized carbons (Fsp3) is 0.533. The maximum absolute atomic E-state index is 12.7. The molecule has 0 heterocycles. The van der Waals surface area contributed by atoms with Crippen molar-refractivity contribution in [3.63, 3.8) is 0 Å². The van der Waals surface area contributed by atoms with Crippen LogP contribution in [0.25, 0.3) is 0 Å². The lowest BCUT2D eigenvalue weighted by atomic mass is 10.0. The van der Waals surface area contributed by atoms with E-state index in [4.69, 9.17) is 10.5 Å². The van der Waals surface area contributed by atoms with Gasteiger partial charge < -0.3 is 15.8 Å². The zero-order valence-electron chi connectivity index (χ0n) is 12.2. The molecule has 0 aromatic heterocycles. The molecule has 1 unspecified atom stereocenters. The molecule has 1 amide bonds. The first-order chi connectivity index (χ1) is 9.38. The van der Waals surface area contributed by atoms with Crippen molar-refractivity contribution in [3.05, 3.63) is 30.1 Å². The van der Waals surface area contributed by atoms with Crippen molar-refractivity contribution in [2.75, 3.05) is 6.54 Å². The first kappa shape index (κ1) is 16.4. The van der Waals surface area contributed by atoms with Gasteiger partial charge in [0, 0.05) is 0 Å². The summed E-state index contributed by atoms with van der Waals surface area (Å²) in [6.45, 7) is 6.24. The summed E-state index contributed by atoms with van der Waals surface area (Å²) in [7, 11) is 0. The molecule has 0 bridgehead atoms. The average molecular weight is 282 g/mol. The Hall–Kier alpha value is -1.62. The molecule has 0 aliphatic rings. The predicted molar refractivity (Wildman–Crippen MR) is 76.9 cm³/mol. The number of nitrogens with two attached hydrogens (primary N) is 1. The third-order valence-corrected chi connectivity index (χ3v) is 2.78. The SMILES string of the molecule is CC(C)C[C@H](N)C(=O)NCC(C)Oc1ccc(F)cc1. The number of nitrogens with one attached hydrogen (secondary N) is 1. The molecule has 3 N–H and O–H groups in total. The number of hydrogen-bond acceptors (Lipinski definition) is 3. The van der Waals surface area contributed by atoms with Crippen molar-refractivity contribution < 1.29 is 13.9 Å². The lowest BCUT2D eigenvalue weighted by Gasteiger charge is -2.18. The molecule has 5 heteroatoms. The van der Waals surface area contributed by atoms with Crippen molar-refractivity contribution in [3.8, 4) is 5.75 Å². The fourth-order valence-electron chi connectivity index (χ4n) is 1.78. The summed E-state index contributed by atoms with van der Waals surface area (Å²) in [5.74, 6) is 0.467. The first-order valence-electron chi connectivity index (χ1n) is 6.84. The van der Waals surface area contributed by atoms with Crippen molar-refractivity contribution in [1.82, 2.24) is 5.32 Å². The van der Waals surface area contributed by atoms with E-state index in [-0.39, 0.29) is 17.8 Å². The van der Waals surface area contributed by atoms with Crippen molar-refractivity contribution in [1.29, 1.82) is 0 Å². The van der Waals surface area contributed by atoms with Crippen LogP contribution in [0.1, 0.15) is 27.2 Å².